The summed E-state index contributed by atoms with van der Waals surface area (Å²) < 4.78 is 11.3. The van der Waals surface area contributed by atoms with Crippen LogP contribution in [-0.2, 0) is 4.79 Å². The maximum absolute atomic E-state index is 12.4. The van der Waals surface area contributed by atoms with Gasteiger partial charge in [0.2, 0.25) is 6.10 Å². The van der Waals surface area contributed by atoms with Gasteiger partial charge in [-0.05, 0) is 31.0 Å². The van der Waals surface area contributed by atoms with Gasteiger partial charge in [0.25, 0.3) is 5.91 Å². The smallest absolute Gasteiger partial charge is 0.267 e. The highest BCUT2D eigenvalue weighted by atomic mass is 35.5. The van der Waals surface area contributed by atoms with Gasteiger partial charge in [-0.1, -0.05) is 12.1 Å². The Kier molecular flexibility index (Phi) is 4.73. The molecule has 2 heterocycles. The molecule has 1 amide bonds. The first kappa shape index (κ1) is 14.9. The molecule has 20 heavy (non-hydrogen) atoms. The van der Waals surface area contributed by atoms with Crippen molar-refractivity contribution in [2.24, 2.45) is 11.7 Å². The Bertz CT molecular complexity index is 483. The molecule has 1 saturated heterocycles. The minimum absolute atomic E-state index is 0. The number of hydrogen-bond acceptors (Lipinski definition) is 4. The summed E-state index contributed by atoms with van der Waals surface area (Å²) in [6.45, 7) is 2.41. The highest BCUT2D eigenvalue weighted by Gasteiger charge is 2.34. The van der Waals surface area contributed by atoms with Crippen LogP contribution >= 0.6 is 12.4 Å². The lowest BCUT2D eigenvalue weighted by molar-refractivity contribution is -0.140. The van der Waals surface area contributed by atoms with Gasteiger partial charge in [0.05, 0.1) is 0 Å². The van der Waals surface area contributed by atoms with E-state index in [0.717, 1.165) is 19.5 Å². The number of carbonyl (C=O) groups is 1. The second-order valence-electron chi connectivity index (χ2n) is 5.04. The molecule has 2 atom stereocenters. The van der Waals surface area contributed by atoms with Gasteiger partial charge in [0.1, 0.15) is 6.61 Å². The summed E-state index contributed by atoms with van der Waals surface area (Å²) in [5.41, 5.74) is 5.64. The van der Waals surface area contributed by atoms with E-state index in [2.05, 4.69) is 0 Å². The van der Waals surface area contributed by atoms with Gasteiger partial charge in [-0.2, -0.15) is 0 Å². The molecule has 0 radical (unpaired) electrons. The number of likely N-dealkylation sites (tertiary alicyclic amines) is 1. The number of para-hydroxylation sites is 2. The summed E-state index contributed by atoms with van der Waals surface area (Å²) in [4.78, 5) is 14.2. The van der Waals surface area contributed by atoms with E-state index in [4.69, 9.17) is 15.2 Å². The standard InChI is InChI=1S/C14H18N2O3.ClH/c15-7-10-5-6-16(8-10)14(17)13-9-18-11-3-1-2-4-12(11)19-13;/h1-4,10,13H,5-9,15H2;1H. The number of ether oxygens (including phenoxy) is 2. The Morgan fingerprint density at radius 2 is 2.10 bits per heavy atom. The van der Waals surface area contributed by atoms with Crippen molar-refractivity contribution in [2.75, 3.05) is 26.2 Å². The molecule has 2 aliphatic heterocycles. The molecule has 1 aromatic rings. The first-order chi connectivity index (χ1) is 9.28. The third kappa shape index (κ3) is 2.83. The van der Waals surface area contributed by atoms with Gasteiger partial charge in [-0.3, -0.25) is 4.79 Å². The Balaban J connectivity index is 0.00000147. The number of amides is 1. The fourth-order valence-corrected chi connectivity index (χ4v) is 2.57. The van der Waals surface area contributed by atoms with Gasteiger partial charge < -0.3 is 20.1 Å². The average Bonchev–Trinajstić information content (AvgIpc) is 2.95. The Morgan fingerprint density at radius 1 is 1.35 bits per heavy atom. The lowest BCUT2D eigenvalue weighted by Crippen LogP contribution is -2.45. The average molecular weight is 299 g/mol. The van der Waals surface area contributed by atoms with Crippen LogP contribution in [0, 0.1) is 5.92 Å². The maximum atomic E-state index is 12.4. The van der Waals surface area contributed by atoms with Crippen molar-refractivity contribution in [1.82, 2.24) is 4.90 Å². The predicted molar refractivity (Wildman–Crippen MR) is 77.3 cm³/mol. The van der Waals surface area contributed by atoms with Gasteiger partial charge >= 0.3 is 0 Å². The summed E-state index contributed by atoms with van der Waals surface area (Å²) in [6.07, 6.45) is 0.443. The minimum atomic E-state index is -0.536. The lowest BCUT2D eigenvalue weighted by atomic mass is 10.1. The molecule has 3 rings (SSSR count). The zero-order valence-electron chi connectivity index (χ0n) is 11.2. The number of hydrogen-bond donors (Lipinski definition) is 1. The molecular formula is C14H19ClN2O3. The zero-order chi connectivity index (χ0) is 13.2. The van der Waals surface area contributed by atoms with Crippen molar-refractivity contribution in [3.8, 4) is 11.5 Å². The van der Waals surface area contributed by atoms with E-state index >= 15 is 0 Å². The third-order valence-electron chi connectivity index (χ3n) is 3.71. The molecule has 1 fully saturated rings. The van der Waals surface area contributed by atoms with E-state index in [0.29, 0.717) is 24.0 Å². The van der Waals surface area contributed by atoms with Crippen LogP contribution in [0.1, 0.15) is 6.42 Å². The normalized spacial score (nSPS) is 24.1. The molecule has 6 heteroatoms. The number of rotatable bonds is 2. The lowest BCUT2D eigenvalue weighted by Gasteiger charge is -2.28. The van der Waals surface area contributed by atoms with Gasteiger partial charge in [-0.25, -0.2) is 0 Å². The fourth-order valence-electron chi connectivity index (χ4n) is 2.57. The molecule has 2 N–H and O–H groups in total. The van der Waals surface area contributed by atoms with Gasteiger partial charge in [0, 0.05) is 13.1 Å². The van der Waals surface area contributed by atoms with Gasteiger partial charge in [0.15, 0.2) is 11.5 Å². The van der Waals surface area contributed by atoms with E-state index in [1.165, 1.54) is 0 Å². The number of benzene rings is 1. The summed E-state index contributed by atoms with van der Waals surface area (Å²) in [7, 11) is 0. The SMILES string of the molecule is Cl.NCC1CCN(C(=O)C2COc3ccccc3O2)C1. The first-order valence-electron chi connectivity index (χ1n) is 6.65. The van der Waals surface area contributed by atoms with Crippen LogP contribution in [-0.4, -0.2) is 43.2 Å². The van der Waals surface area contributed by atoms with E-state index in [1.54, 1.807) is 0 Å². The molecule has 0 aliphatic carbocycles. The van der Waals surface area contributed by atoms with Crippen LogP contribution in [0.2, 0.25) is 0 Å². The molecule has 2 unspecified atom stereocenters. The van der Waals surface area contributed by atoms with Crippen LogP contribution < -0.4 is 15.2 Å². The largest absolute Gasteiger partial charge is 0.485 e. The summed E-state index contributed by atoms with van der Waals surface area (Å²) in [5.74, 6) is 1.76. The van der Waals surface area contributed by atoms with E-state index < -0.39 is 6.10 Å². The van der Waals surface area contributed by atoms with Crippen molar-refractivity contribution < 1.29 is 14.3 Å². The highest BCUT2D eigenvalue weighted by Crippen LogP contribution is 2.31. The van der Waals surface area contributed by atoms with Crippen LogP contribution in [0.5, 0.6) is 11.5 Å². The number of nitrogens with zero attached hydrogens (tertiary/aromatic N) is 1. The molecule has 0 saturated carbocycles. The van der Waals surface area contributed by atoms with Crippen LogP contribution in [0.3, 0.4) is 0 Å². The van der Waals surface area contributed by atoms with Crippen LogP contribution in [0.15, 0.2) is 24.3 Å². The number of carbonyl (C=O) groups excluding carboxylic acids is 1. The topological polar surface area (TPSA) is 64.8 Å². The number of nitrogens with two attached hydrogens (primary N) is 1. The molecule has 110 valence electrons. The summed E-state index contributed by atoms with van der Waals surface area (Å²) in [5, 5.41) is 0. The highest BCUT2D eigenvalue weighted by molar-refractivity contribution is 5.85. The van der Waals surface area contributed by atoms with E-state index in [-0.39, 0.29) is 24.9 Å². The molecular weight excluding hydrogens is 280 g/mol. The monoisotopic (exact) mass is 298 g/mol. The summed E-state index contributed by atoms with van der Waals surface area (Å²) >= 11 is 0. The molecule has 5 nitrogen and oxygen atoms in total. The van der Waals surface area contributed by atoms with Crippen LogP contribution in [0.4, 0.5) is 0 Å². The predicted octanol–water partition coefficient (Wildman–Crippen LogP) is 1.06. The minimum Gasteiger partial charge on any atom is -0.485 e. The Labute approximate surface area is 124 Å². The Hall–Kier alpha value is -1.46. The second-order valence-corrected chi connectivity index (χ2v) is 5.04. The quantitative estimate of drug-likeness (QED) is 0.886. The number of halogens is 1. The van der Waals surface area contributed by atoms with Crippen molar-refractivity contribution in [1.29, 1.82) is 0 Å². The molecule has 0 aromatic heterocycles. The zero-order valence-corrected chi connectivity index (χ0v) is 12.0. The Morgan fingerprint density at radius 3 is 2.80 bits per heavy atom. The molecule has 0 spiro atoms. The van der Waals surface area contributed by atoms with Crippen molar-refractivity contribution in [2.45, 2.75) is 12.5 Å². The van der Waals surface area contributed by atoms with Crippen molar-refractivity contribution in [3.63, 3.8) is 0 Å². The molecule has 2 aliphatic rings. The van der Waals surface area contributed by atoms with Gasteiger partial charge in [-0.15, -0.1) is 12.4 Å². The number of fused-ring (bicyclic) bond motifs is 1. The third-order valence-corrected chi connectivity index (χ3v) is 3.71. The van der Waals surface area contributed by atoms with E-state index in [1.807, 2.05) is 29.2 Å². The maximum Gasteiger partial charge on any atom is 0.267 e. The first-order valence-corrected chi connectivity index (χ1v) is 6.65. The second kappa shape index (κ2) is 6.33. The summed E-state index contributed by atoms with van der Waals surface area (Å²) in [6, 6.07) is 7.42. The molecule has 0 bridgehead atoms. The fraction of sp³-hybridized carbons (Fsp3) is 0.500. The van der Waals surface area contributed by atoms with E-state index in [9.17, 15) is 4.79 Å². The van der Waals surface area contributed by atoms with Crippen molar-refractivity contribution in [3.05, 3.63) is 24.3 Å². The van der Waals surface area contributed by atoms with Crippen LogP contribution in [0.25, 0.3) is 0 Å². The molecule has 1 aromatic carbocycles. The van der Waals surface area contributed by atoms with Crippen molar-refractivity contribution >= 4 is 18.3 Å².